The fraction of sp³-hybridized carbons (Fsp3) is 0.393. The number of fused-ring (bicyclic) bond motifs is 3. The number of H-pyrrole nitrogens is 1. The number of carbonyl (C=O) groups excluding carboxylic acids is 1. The van der Waals surface area contributed by atoms with E-state index in [9.17, 15) is 18.0 Å². The lowest BCUT2D eigenvalue weighted by molar-refractivity contribution is 0.0977. The number of nitrogens with zero attached hydrogens (tertiary/aromatic N) is 5. The van der Waals surface area contributed by atoms with Gasteiger partial charge in [-0.1, -0.05) is 17.7 Å². The van der Waals surface area contributed by atoms with Crippen LogP contribution < -0.4 is 20.5 Å². The van der Waals surface area contributed by atoms with Crippen molar-refractivity contribution in [2.45, 2.75) is 44.7 Å². The number of hydrogen-bond donors (Lipinski definition) is 3. The fourth-order valence-corrected chi connectivity index (χ4v) is 7.02. The SMILES string of the molecule is Cc1cc([C@@H](C)Nc2ccc(Cl)nc2C(=O)NS(C)(=O)=O)c2nc(N3C[C@H]4C[C@@H](c5ccn[nH]5)[C@@H]3C4)n(C)c(=O)c2c1. The van der Waals surface area contributed by atoms with Crippen molar-refractivity contribution in [3.8, 4) is 0 Å². The summed E-state index contributed by atoms with van der Waals surface area (Å²) in [7, 11) is -2.07. The van der Waals surface area contributed by atoms with Crippen molar-refractivity contribution in [2.75, 3.05) is 23.0 Å². The Labute approximate surface area is 247 Å². The van der Waals surface area contributed by atoms with Gasteiger partial charge in [-0.15, -0.1) is 0 Å². The molecule has 1 amide bonds. The van der Waals surface area contributed by atoms with Gasteiger partial charge in [-0.3, -0.25) is 19.3 Å². The van der Waals surface area contributed by atoms with Crippen LogP contribution in [0.4, 0.5) is 11.6 Å². The first-order valence-electron chi connectivity index (χ1n) is 13.6. The Morgan fingerprint density at radius 2 is 1.98 bits per heavy atom. The number of piperidine rings is 1. The maximum absolute atomic E-state index is 13.7. The lowest BCUT2D eigenvalue weighted by atomic mass is 9.95. The van der Waals surface area contributed by atoms with Crippen molar-refractivity contribution >= 4 is 50.1 Å². The van der Waals surface area contributed by atoms with Gasteiger partial charge >= 0.3 is 0 Å². The lowest BCUT2D eigenvalue weighted by Crippen LogP contribution is -2.41. The monoisotopic (exact) mass is 610 g/mol. The summed E-state index contributed by atoms with van der Waals surface area (Å²) in [5.41, 5.74) is 3.26. The van der Waals surface area contributed by atoms with E-state index in [1.807, 2.05) is 36.8 Å². The number of aromatic amines is 1. The molecule has 14 heteroatoms. The van der Waals surface area contributed by atoms with Crippen LogP contribution in [0.25, 0.3) is 10.9 Å². The maximum Gasteiger partial charge on any atom is 0.285 e. The second kappa shape index (κ2) is 10.4. The molecule has 3 aromatic heterocycles. The molecule has 12 nitrogen and oxygen atoms in total. The molecule has 3 N–H and O–H groups in total. The summed E-state index contributed by atoms with van der Waals surface area (Å²) in [6.07, 6.45) is 4.75. The predicted octanol–water partition coefficient (Wildman–Crippen LogP) is 3.26. The number of pyridine rings is 1. The van der Waals surface area contributed by atoms with E-state index in [2.05, 4.69) is 25.4 Å². The van der Waals surface area contributed by atoms with Crippen LogP contribution in [0.3, 0.4) is 0 Å². The number of amides is 1. The summed E-state index contributed by atoms with van der Waals surface area (Å²) in [6.45, 7) is 4.61. The number of carbonyl (C=O) groups is 1. The minimum atomic E-state index is -3.83. The van der Waals surface area contributed by atoms with Crippen LogP contribution in [0.2, 0.25) is 5.15 Å². The van der Waals surface area contributed by atoms with Crippen LogP contribution >= 0.6 is 11.6 Å². The minimum absolute atomic E-state index is 0.0380. The number of aryl methyl sites for hydroxylation is 1. The summed E-state index contributed by atoms with van der Waals surface area (Å²) < 4.78 is 27.0. The van der Waals surface area contributed by atoms with Gasteiger partial charge in [0.05, 0.1) is 28.9 Å². The molecule has 2 fully saturated rings. The topological polar surface area (TPSA) is 155 Å². The second-order valence-electron chi connectivity index (χ2n) is 11.3. The van der Waals surface area contributed by atoms with Crippen LogP contribution in [0.15, 0.2) is 41.3 Å². The molecule has 1 saturated carbocycles. The molecule has 0 unspecified atom stereocenters. The van der Waals surface area contributed by atoms with Crippen LogP contribution in [0.5, 0.6) is 0 Å². The van der Waals surface area contributed by atoms with Gasteiger partial charge in [-0.2, -0.15) is 5.10 Å². The number of halogens is 1. The van der Waals surface area contributed by atoms with E-state index in [0.29, 0.717) is 22.8 Å². The van der Waals surface area contributed by atoms with Crippen molar-refractivity contribution < 1.29 is 13.2 Å². The molecule has 42 heavy (non-hydrogen) atoms. The molecular weight excluding hydrogens is 580 g/mol. The van der Waals surface area contributed by atoms with Crippen molar-refractivity contribution in [3.63, 3.8) is 0 Å². The highest BCUT2D eigenvalue weighted by molar-refractivity contribution is 7.89. The quantitative estimate of drug-likeness (QED) is 0.267. The predicted molar refractivity (Wildman–Crippen MR) is 161 cm³/mol. The zero-order valence-electron chi connectivity index (χ0n) is 23.6. The molecule has 0 radical (unpaired) electrons. The van der Waals surface area contributed by atoms with Gasteiger partial charge in [-0.25, -0.2) is 23.1 Å². The first-order chi connectivity index (χ1) is 19.9. The number of sulfonamides is 1. The van der Waals surface area contributed by atoms with Crippen LogP contribution in [-0.2, 0) is 17.1 Å². The summed E-state index contributed by atoms with van der Waals surface area (Å²) in [6, 6.07) is 8.64. The molecule has 220 valence electrons. The average molecular weight is 611 g/mol. The fourth-order valence-electron chi connectivity index (χ4n) is 6.44. The lowest BCUT2D eigenvalue weighted by Gasteiger charge is -2.34. The third kappa shape index (κ3) is 5.11. The normalized spacial score (nSPS) is 20.7. The van der Waals surface area contributed by atoms with Gasteiger partial charge in [0.1, 0.15) is 5.15 Å². The van der Waals surface area contributed by atoms with Crippen LogP contribution in [0, 0.1) is 12.8 Å². The molecule has 4 atom stereocenters. The van der Waals surface area contributed by atoms with Crippen molar-refractivity contribution in [3.05, 3.63) is 74.6 Å². The molecule has 1 saturated heterocycles. The Hall–Kier alpha value is -3.97. The number of benzene rings is 1. The first kappa shape index (κ1) is 28.2. The number of anilines is 2. The van der Waals surface area contributed by atoms with E-state index < -0.39 is 22.0 Å². The standard InChI is InChI=1S/C28H31ClN8O4S/c1-14-9-17(15(2)31-21-5-6-23(29)32-25(21)26(38)35-42(4,40)41)24-19(10-14)27(39)36(3)28(33-24)37-13-16-11-18(22(37)12-16)20-7-8-30-34-20/h5-10,15-16,18,22,31H,11-13H2,1-4H3,(H,30,34)(H,35,38)/t15-,16+,18+,22+/m1/s1. The van der Waals surface area contributed by atoms with E-state index in [1.54, 1.807) is 23.9 Å². The van der Waals surface area contributed by atoms with E-state index in [0.717, 1.165) is 42.5 Å². The molecule has 1 aliphatic carbocycles. The highest BCUT2D eigenvalue weighted by Gasteiger charge is 2.47. The molecule has 1 aliphatic heterocycles. The van der Waals surface area contributed by atoms with Crippen molar-refractivity contribution in [1.82, 2.24) is 29.5 Å². The molecular formula is C28H31ClN8O4S. The summed E-state index contributed by atoms with van der Waals surface area (Å²) >= 11 is 6.04. The Kier molecular flexibility index (Phi) is 6.97. The van der Waals surface area contributed by atoms with E-state index >= 15 is 0 Å². The Morgan fingerprint density at radius 1 is 1.19 bits per heavy atom. The maximum atomic E-state index is 13.7. The van der Waals surface area contributed by atoms with Crippen LogP contribution in [0.1, 0.15) is 59.0 Å². The van der Waals surface area contributed by atoms with E-state index in [4.69, 9.17) is 16.6 Å². The summed E-state index contributed by atoms with van der Waals surface area (Å²) in [5.74, 6) is 0.491. The molecule has 2 bridgehead atoms. The summed E-state index contributed by atoms with van der Waals surface area (Å²) in [4.78, 5) is 37.9. The third-order valence-corrected chi connectivity index (χ3v) is 8.95. The smallest absolute Gasteiger partial charge is 0.285 e. The Balaban J connectivity index is 1.40. The Morgan fingerprint density at radius 3 is 2.67 bits per heavy atom. The average Bonchev–Trinajstić information content (AvgIpc) is 3.68. The largest absolute Gasteiger partial charge is 0.377 e. The zero-order chi connectivity index (χ0) is 29.9. The number of hydrogen-bond acceptors (Lipinski definition) is 9. The van der Waals surface area contributed by atoms with Gasteiger partial charge < -0.3 is 10.2 Å². The molecule has 0 spiro atoms. The van der Waals surface area contributed by atoms with Crippen LogP contribution in [-0.4, -0.2) is 57.9 Å². The summed E-state index contributed by atoms with van der Waals surface area (Å²) in [5, 5.41) is 11.1. The highest BCUT2D eigenvalue weighted by atomic mass is 35.5. The molecule has 2 aliphatic rings. The molecule has 6 rings (SSSR count). The number of nitrogens with one attached hydrogen (secondary N) is 3. The minimum Gasteiger partial charge on any atom is -0.377 e. The zero-order valence-corrected chi connectivity index (χ0v) is 25.1. The van der Waals surface area contributed by atoms with E-state index in [-0.39, 0.29) is 34.1 Å². The number of aromatic nitrogens is 5. The Bertz CT molecular complexity index is 1880. The second-order valence-corrected chi connectivity index (χ2v) is 13.4. The van der Waals surface area contributed by atoms with Gasteiger partial charge in [0.2, 0.25) is 16.0 Å². The van der Waals surface area contributed by atoms with Gasteiger partial charge in [0, 0.05) is 43.0 Å². The number of rotatable bonds is 7. The highest BCUT2D eigenvalue weighted by Crippen LogP contribution is 2.47. The molecule has 4 aromatic rings. The first-order valence-corrected chi connectivity index (χ1v) is 15.9. The van der Waals surface area contributed by atoms with Gasteiger partial charge in [0.15, 0.2) is 5.69 Å². The van der Waals surface area contributed by atoms with E-state index in [1.165, 1.54) is 6.07 Å². The molecule has 4 heterocycles. The van der Waals surface area contributed by atoms with Crippen molar-refractivity contribution in [2.24, 2.45) is 13.0 Å². The molecule has 1 aromatic carbocycles. The van der Waals surface area contributed by atoms with Gasteiger partial charge in [-0.05, 0) is 62.4 Å². The third-order valence-electron chi connectivity index (χ3n) is 8.18. The van der Waals surface area contributed by atoms with Gasteiger partial charge in [0.25, 0.3) is 11.5 Å². The van der Waals surface area contributed by atoms with Crippen molar-refractivity contribution in [1.29, 1.82) is 0 Å².